The number of carbonyl (C=O) groups excluding carboxylic acids is 2. The smallest absolute Gasteiger partial charge is 0.262 e. The number of nitrogens with zero attached hydrogens (tertiary/aromatic N) is 3. The molecule has 4 aliphatic heterocycles. The zero-order valence-electron chi connectivity index (χ0n) is 19.1. The van der Waals surface area contributed by atoms with Crippen LogP contribution in [0.4, 0.5) is 5.69 Å². The van der Waals surface area contributed by atoms with E-state index >= 15 is 0 Å². The van der Waals surface area contributed by atoms with E-state index in [1.54, 1.807) is 18.2 Å². The number of aromatic nitrogens is 2. The summed E-state index contributed by atoms with van der Waals surface area (Å²) in [7, 11) is 0. The fourth-order valence-corrected chi connectivity index (χ4v) is 6.39. The van der Waals surface area contributed by atoms with Crippen molar-refractivity contribution in [2.45, 2.75) is 36.9 Å². The zero-order valence-corrected chi connectivity index (χ0v) is 19.1. The highest BCUT2D eigenvalue weighted by atomic mass is 16.2. The van der Waals surface area contributed by atoms with E-state index in [2.05, 4.69) is 5.32 Å². The van der Waals surface area contributed by atoms with Crippen LogP contribution in [0.1, 0.15) is 36.3 Å². The number of rotatable bonds is 2. The third kappa shape index (κ3) is 2.35. The maximum absolute atomic E-state index is 14.5. The van der Waals surface area contributed by atoms with Crippen LogP contribution in [0, 0.1) is 0 Å². The molecule has 0 aliphatic carbocycles. The van der Waals surface area contributed by atoms with Crippen molar-refractivity contribution in [1.29, 1.82) is 0 Å². The van der Waals surface area contributed by atoms with Crippen molar-refractivity contribution in [2.24, 2.45) is 0 Å². The van der Waals surface area contributed by atoms with E-state index in [0.717, 1.165) is 16.8 Å². The van der Waals surface area contributed by atoms with Gasteiger partial charge in [-0.05, 0) is 42.7 Å². The molecule has 1 saturated heterocycles. The minimum atomic E-state index is -1.19. The number of benzene rings is 3. The molecule has 0 radical (unpaired) electrons. The van der Waals surface area contributed by atoms with E-state index in [4.69, 9.17) is 4.98 Å². The summed E-state index contributed by atoms with van der Waals surface area (Å²) < 4.78 is 1.52. The lowest BCUT2D eigenvalue weighted by Gasteiger charge is -2.55. The van der Waals surface area contributed by atoms with Gasteiger partial charge in [0, 0.05) is 5.69 Å². The minimum Gasteiger partial charge on any atom is -0.340 e. The van der Waals surface area contributed by atoms with Crippen molar-refractivity contribution in [3.05, 3.63) is 106 Å². The van der Waals surface area contributed by atoms with Gasteiger partial charge in [0.2, 0.25) is 11.8 Å². The van der Waals surface area contributed by atoms with Crippen molar-refractivity contribution < 1.29 is 9.59 Å². The second-order valence-electron chi connectivity index (χ2n) is 9.76. The van der Waals surface area contributed by atoms with Crippen molar-refractivity contribution in [3.63, 3.8) is 0 Å². The molecule has 1 spiro atoms. The molecule has 1 aromatic heterocycles. The summed E-state index contributed by atoms with van der Waals surface area (Å²) in [5.41, 5.74) is 0.761. The number of nitrogens with one attached hydrogen (secondary N) is 1. The van der Waals surface area contributed by atoms with E-state index in [1.165, 1.54) is 4.57 Å². The Bertz CT molecular complexity index is 1630. The number of carbonyl (C=O) groups is 2. The topological polar surface area (TPSA) is 84.3 Å². The summed E-state index contributed by atoms with van der Waals surface area (Å²) in [4.78, 5) is 47.9. The van der Waals surface area contributed by atoms with E-state index in [1.807, 2.05) is 72.5 Å². The lowest BCUT2D eigenvalue weighted by atomic mass is 9.58. The fraction of sp³-hybridized carbons (Fsp3) is 0.214. The Morgan fingerprint density at radius 1 is 0.943 bits per heavy atom. The molecule has 0 unspecified atom stereocenters. The molecule has 1 fully saturated rings. The number of anilines is 1. The fourth-order valence-electron chi connectivity index (χ4n) is 6.39. The molecular weight excluding hydrogens is 440 g/mol. The highest BCUT2D eigenvalue weighted by molar-refractivity contribution is 6.11. The van der Waals surface area contributed by atoms with Crippen LogP contribution in [0.3, 0.4) is 0 Å². The van der Waals surface area contributed by atoms with Gasteiger partial charge < -0.3 is 10.2 Å². The summed E-state index contributed by atoms with van der Waals surface area (Å²) in [6.45, 7) is 2.26. The first-order valence-electron chi connectivity index (χ1n) is 11.7. The van der Waals surface area contributed by atoms with Gasteiger partial charge in [0.25, 0.3) is 5.56 Å². The van der Waals surface area contributed by atoms with Crippen LogP contribution in [-0.4, -0.2) is 21.4 Å². The molecule has 4 aliphatic rings. The molecule has 8 rings (SSSR count). The monoisotopic (exact) mass is 462 g/mol. The Kier molecular flexibility index (Phi) is 3.83. The quantitative estimate of drug-likeness (QED) is 0.496. The Labute approximate surface area is 201 Å². The lowest BCUT2D eigenvalue weighted by molar-refractivity contribution is -0.143. The molecule has 5 heterocycles. The molecule has 0 saturated carbocycles. The van der Waals surface area contributed by atoms with Crippen molar-refractivity contribution in [2.75, 3.05) is 4.90 Å². The second-order valence-corrected chi connectivity index (χ2v) is 9.76. The molecule has 7 heteroatoms. The second kappa shape index (κ2) is 6.66. The summed E-state index contributed by atoms with van der Waals surface area (Å²) in [6, 6.07) is 24.0. The largest absolute Gasteiger partial charge is 0.340 e. The lowest BCUT2D eigenvalue weighted by Crippen LogP contribution is -2.73. The van der Waals surface area contributed by atoms with Crippen molar-refractivity contribution in [3.8, 4) is 0 Å². The molecule has 172 valence electrons. The number of amides is 2. The SMILES string of the molecule is C[C@@]12NC(=O)[C@H](C[C@@]13C(=O)N(Cc1ccccc1)c1ccccc13)n1c2nc2ccccc2c1=O. The molecule has 3 aromatic carbocycles. The van der Waals surface area contributed by atoms with Crippen LogP contribution >= 0.6 is 0 Å². The first kappa shape index (κ1) is 20.1. The van der Waals surface area contributed by atoms with Gasteiger partial charge in [-0.1, -0.05) is 60.7 Å². The molecule has 2 amide bonds. The van der Waals surface area contributed by atoms with Crippen LogP contribution in [0.5, 0.6) is 0 Å². The number of para-hydroxylation sites is 2. The van der Waals surface area contributed by atoms with Gasteiger partial charge in [-0.3, -0.25) is 19.0 Å². The maximum Gasteiger partial charge on any atom is 0.262 e. The summed E-state index contributed by atoms with van der Waals surface area (Å²) >= 11 is 0. The Morgan fingerprint density at radius 3 is 2.49 bits per heavy atom. The Morgan fingerprint density at radius 2 is 1.66 bits per heavy atom. The number of hydrogen-bond acceptors (Lipinski definition) is 4. The molecule has 2 bridgehead atoms. The zero-order chi connectivity index (χ0) is 23.9. The third-order valence-electron chi connectivity index (χ3n) is 8.04. The highest BCUT2D eigenvalue weighted by Gasteiger charge is 2.70. The van der Waals surface area contributed by atoms with Gasteiger partial charge in [-0.25, -0.2) is 4.98 Å². The average Bonchev–Trinajstić information content (AvgIpc) is 3.10. The molecule has 4 aromatic rings. The molecule has 7 nitrogen and oxygen atoms in total. The van der Waals surface area contributed by atoms with Crippen molar-refractivity contribution >= 4 is 28.4 Å². The molecule has 3 atom stereocenters. The number of piperidine rings is 1. The Hall–Kier alpha value is -4.26. The van der Waals surface area contributed by atoms with E-state index in [-0.39, 0.29) is 23.8 Å². The van der Waals surface area contributed by atoms with Gasteiger partial charge in [0.05, 0.1) is 17.4 Å². The molecule has 35 heavy (non-hydrogen) atoms. The van der Waals surface area contributed by atoms with Gasteiger partial charge >= 0.3 is 0 Å². The van der Waals surface area contributed by atoms with Crippen LogP contribution in [-0.2, 0) is 27.1 Å². The van der Waals surface area contributed by atoms with Gasteiger partial charge in [-0.2, -0.15) is 0 Å². The first-order valence-corrected chi connectivity index (χ1v) is 11.7. The predicted molar refractivity (Wildman–Crippen MR) is 131 cm³/mol. The standard InChI is InChI=1S/C28H22N4O3/c1-27-25-29-20-13-7-5-11-18(20)24(34)32(25)22(23(33)30-27)15-28(27)19-12-6-8-14-21(19)31(26(28)35)16-17-9-3-2-4-10-17/h2-14,22H,15-16H2,1H3,(H,30,33)/t22-,27-,28+/m0/s1. The van der Waals surface area contributed by atoms with Crippen LogP contribution < -0.4 is 15.8 Å². The van der Waals surface area contributed by atoms with Crippen LogP contribution in [0.25, 0.3) is 10.9 Å². The van der Waals surface area contributed by atoms with E-state index < -0.39 is 17.0 Å². The van der Waals surface area contributed by atoms with Gasteiger partial charge in [-0.15, -0.1) is 0 Å². The first-order chi connectivity index (χ1) is 17.0. The summed E-state index contributed by atoms with van der Waals surface area (Å²) in [5.74, 6) is 0.0991. The normalized spacial score (nSPS) is 26.2. The number of fused-ring (bicyclic) bond motifs is 3. The average molecular weight is 463 g/mol. The van der Waals surface area contributed by atoms with Gasteiger partial charge in [0.15, 0.2) is 0 Å². The maximum atomic E-state index is 14.5. The summed E-state index contributed by atoms with van der Waals surface area (Å²) in [6.07, 6.45) is 0.212. The van der Waals surface area contributed by atoms with E-state index in [0.29, 0.717) is 23.3 Å². The van der Waals surface area contributed by atoms with Gasteiger partial charge in [0.1, 0.15) is 22.8 Å². The van der Waals surface area contributed by atoms with Crippen LogP contribution in [0.15, 0.2) is 83.7 Å². The molecular formula is C28H22N4O3. The predicted octanol–water partition coefficient (Wildman–Crippen LogP) is 3.17. The number of hydrogen-bond donors (Lipinski definition) is 1. The Balaban J connectivity index is 1.49. The third-order valence-corrected chi connectivity index (χ3v) is 8.04. The molecule has 1 N–H and O–H groups in total. The van der Waals surface area contributed by atoms with E-state index in [9.17, 15) is 14.4 Å². The summed E-state index contributed by atoms with van der Waals surface area (Å²) in [5, 5.41) is 3.59. The minimum absolute atomic E-state index is 0.0799. The highest BCUT2D eigenvalue weighted by Crippen LogP contribution is 2.60. The van der Waals surface area contributed by atoms with Crippen LogP contribution in [0.2, 0.25) is 0 Å². The van der Waals surface area contributed by atoms with Crippen molar-refractivity contribution in [1.82, 2.24) is 14.9 Å².